The van der Waals surface area contributed by atoms with Crippen LogP contribution >= 0.6 is 0 Å². The van der Waals surface area contributed by atoms with Crippen LogP contribution in [0.4, 0.5) is 8.78 Å². The fraction of sp³-hybridized carbons (Fsp3) is 0.0769. The minimum absolute atomic E-state index is 0.284. The van der Waals surface area contributed by atoms with Gasteiger partial charge in [-0.2, -0.15) is 0 Å². The smallest absolute Gasteiger partial charge is 0.131 e. The van der Waals surface area contributed by atoms with Gasteiger partial charge in [0.05, 0.1) is 0 Å². The van der Waals surface area contributed by atoms with Gasteiger partial charge in [0.1, 0.15) is 11.6 Å². The minimum atomic E-state index is -0.433. The van der Waals surface area contributed by atoms with Crippen LogP contribution in [0.15, 0.2) is 36.4 Å². The Hall–Kier alpha value is -1.70. The van der Waals surface area contributed by atoms with Gasteiger partial charge < -0.3 is 0 Å². The van der Waals surface area contributed by atoms with Gasteiger partial charge in [0, 0.05) is 5.56 Å². The minimum Gasteiger partial charge on any atom is -0.207 e. The molecule has 0 aliphatic rings. The standard InChI is InChI=1S/C13H9F2/c1-9-3-2-4-10(7-9)12-8-11(14)5-6-13(12)15/h2,4-8H,1H3. The van der Waals surface area contributed by atoms with Crippen molar-refractivity contribution in [3.05, 3.63) is 59.7 Å². The zero-order valence-electron chi connectivity index (χ0n) is 8.22. The largest absolute Gasteiger partial charge is 0.207 e. The summed E-state index contributed by atoms with van der Waals surface area (Å²) in [5.74, 6) is -0.848. The molecule has 0 atom stereocenters. The molecule has 75 valence electrons. The zero-order chi connectivity index (χ0) is 10.8. The van der Waals surface area contributed by atoms with Gasteiger partial charge in [-0.25, -0.2) is 8.78 Å². The van der Waals surface area contributed by atoms with Crippen LogP contribution in [0, 0.1) is 24.6 Å². The summed E-state index contributed by atoms with van der Waals surface area (Å²) in [6, 6.07) is 11.6. The first kappa shape index (κ1) is 9.84. The zero-order valence-corrected chi connectivity index (χ0v) is 8.22. The molecule has 0 spiro atoms. The molecular formula is C13H9F2. The summed E-state index contributed by atoms with van der Waals surface area (Å²) >= 11 is 0. The molecule has 0 aromatic heterocycles. The first-order chi connectivity index (χ1) is 7.16. The third kappa shape index (κ3) is 2.04. The average molecular weight is 203 g/mol. The molecular weight excluding hydrogens is 194 g/mol. The van der Waals surface area contributed by atoms with E-state index >= 15 is 0 Å². The van der Waals surface area contributed by atoms with Crippen LogP contribution in [0.3, 0.4) is 0 Å². The lowest BCUT2D eigenvalue weighted by atomic mass is 10.0. The molecule has 0 N–H and O–H groups in total. The van der Waals surface area contributed by atoms with Crippen molar-refractivity contribution in [2.24, 2.45) is 0 Å². The third-order valence-corrected chi connectivity index (χ3v) is 2.19. The maximum atomic E-state index is 13.4. The van der Waals surface area contributed by atoms with Crippen LogP contribution in [0.25, 0.3) is 11.1 Å². The van der Waals surface area contributed by atoms with E-state index < -0.39 is 11.6 Å². The topological polar surface area (TPSA) is 0 Å². The predicted molar refractivity (Wildman–Crippen MR) is 55.4 cm³/mol. The van der Waals surface area contributed by atoms with Crippen LogP contribution in [0.5, 0.6) is 0 Å². The van der Waals surface area contributed by atoms with Gasteiger partial charge in [0.2, 0.25) is 0 Å². The van der Waals surface area contributed by atoms with Gasteiger partial charge >= 0.3 is 0 Å². The van der Waals surface area contributed by atoms with Gasteiger partial charge in [-0.05, 0) is 42.3 Å². The van der Waals surface area contributed by atoms with Crippen molar-refractivity contribution in [3.63, 3.8) is 0 Å². The molecule has 1 radical (unpaired) electrons. The summed E-state index contributed by atoms with van der Waals surface area (Å²) in [7, 11) is 0. The predicted octanol–water partition coefficient (Wildman–Crippen LogP) is 3.74. The Kier molecular flexibility index (Phi) is 2.50. The van der Waals surface area contributed by atoms with E-state index in [-0.39, 0.29) is 5.56 Å². The second-order valence-electron chi connectivity index (χ2n) is 3.38. The third-order valence-electron chi connectivity index (χ3n) is 2.19. The summed E-state index contributed by atoms with van der Waals surface area (Å²) in [4.78, 5) is 0. The van der Waals surface area contributed by atoms with E-state index in [2.05, 4.69) is 6.07 Å². The van der Waals surface area contributed by atoms with Crippen molar-refractivity contribution in [2.75, 3.05) is 0 Å². The average Bonchev–Trinajstić information content (AvgIpc) is 2.22. The number of hydrogen-bond donors (Lipinski definition) is 0. The molecule has 2 aromatic rings. The van der Waals surface area contributed by atoms with E-state index in [0.717, 1.165) is 17.7 Å². The second-order valence-corrected chi connectivity index (χ2v) is 3.38. The molecule has 0 aliphatic carbocycles. The molecule has 0 amide bonds. The summed E-state index contributed by atoms with van der Waals surface area (Å²) in [6.07, 6.45) is 0. The van der Waals surface area contributed by atoms with Crippen LogP contribution < -0.4 is 0 Å². The molecule has 0 aliphatic heterocycles. The molecule has 0 saturated heterocycles. The van der Waals surface area contributed by atoms with Crippen molar-refractivity contribution in [1.82, 2.24) is 0 Å². The monoisotopic (exact) mass is 203 g/mol. The van der Waals surface area contributed by atoms with Crippen LogP contribution in [-0.2, 0) is 0 Å². The molecule has 0 unspecified atom stereocenters. The fourth-order valence-corrected chi connectivity index (χ4v) is 1.47. The lowest BCUT2D eigenvalue weighted by Gasteiger charge is -2.04. The molecule has 2 heteroatoms. The summed E-state index contributed by atoms with van der Waals surface area (Å²) in [5.41, 5.74) is 1.85. The van der Waals surface area contributed by atoms with E-state index in [1.807, 2.05) is 6.92 Å². The van der Waals surface area contributed by atoms with Crippen molar-refractivity contribution >= 4 is 0 Å². The second kappa shape index (κ2) is 3.81. The molecule has 0 fully saturated rings. The Morgan fingerprint density at radius 2 is 1.87 bits per heavy atom. The highest BCUT2D eigenvalue weighted by Gasteiger charge is 2.06. The lowest BCUT2D eigenvalue weighted by molar-refractivity contribution is 0.603. The Labute approximate surface area is 87.2 Å². The quantitative estimate of drug-likeness (QED) is 0.662. The molecule has 0 bridgehead atoms. The Balaban J connectivity index is 2.58. The van der Waals surface area contributed by atoms with Crippen LogP contribution in [0.1, 0.15) is 5.56 Å². The number of benzene rings is 2. The first-order valence-corrected chi connectivity index (χ1v) is 4.60. The maximum absolute atomic E-state index is 13.4. The highest BCUT2D eigenvalue weighted by atomic mass is 19.1. The van der Waals surface area contributed by atoms with Crippen molar-refractivity contribution in [3.8, 4) is 11.1 Å². The van der Waals surface area contributed by atoms with Crippen molar-refractivity contribution in [1.29, 1.82) is 0 Å². The number of rotatable bonds is 1. The Morgan fingerprint density at radius 3 is 2.60 bits per heavy atom. The first-order valence-electron chi connectivity index (χ1n) is 4.60. The van der Waals surface area contributed by atoms with Crippen LogP contribution in [-0.4, -0.2) is 0 Å². The Bertz CT molecular complexity index is 490. The fourth-order valence-electron chi connectivity index (χ4n) is 1.47. The molecule has 2 rings (SSSR count). The molecule has 2 aromatic carbocycles. The number of aryl methyl sites for hydroxylation is 1. The van der Waals surface area contributed by atoms with Gasteiger partial charge in [0.15, 0.2) is 0 Å². The summed E-state index contributed by atoms with van der Waals surface area (Å²) in [6.45, 7) is 1.86. The normalized spacial score (nSPS) is 10.3. The van der Waals surface area contributed by atoms with Crippen molar-refractivity contribution in [2.45, 2.75) is 6.92 Å². The Morgan fingerprint density at radius 1 is 1.07 bits per heavy atom. The molecule has 0 nitrogen and oxygen atoms in total. The summed E-state index contributed by atoms with van der Waals surface area (Å²) in [5, 5.41) is 0. The van der Waals surface area contributed by atoms with Gasteiger partial charge in [-0.3, -0.25) is 0 Å². The van der Waals surface area contributed by atoms with E-state index in [4.69, 9.17) is 0 Å². The van der Waals surface area contributed by atoms with E-state index in [1.165, 1.54) is 6.07 Å². The molecule has 0 saturated carbocycles. The number of halogens is 2. The number of hydrogen-bond acceptors (Lipinski definition) is 0. The van der Waals surface area contributed by atoms with E-state index in [0.29, 0.717) is 5.56 Å². The van der Waals surface area contributed by atoms with E-state index in [1.54, 1.807) is 18.2 Å². The summed E-state index contributed by atoms with van der Waals surface area (Å²) < 4.78 is 26.4. The lowest BCUT2D eigenvalue weighted by Crippen LogP contribution is -1.86. The highest BCUT2D eigenvalue weighted by Crippen LogP contribution is 2.24. The maximum Gasteiger partial charge on any atom is 0.131 e. The molecule has 15 heavy (non-hydrogen) atoms. The van der Waals surface area contributed by atoms with Gasteiger partial charge in [-0.15, -0.1) is 0 Å². The van der Waals surface area contributed by atoms with Crippen LogP contribution in [0.2, 0.25) is 0 Å². The molecule has 0 heterocycles. The van der Waals surface area contributed by atoms with E-state index in [9.17, 15) is 8.78 Å². The highest BCUT2D eigenvalue weighted by molar-refractivity contribution is 5.64. The SMILES string of the molecule is Cc1[c]ccc(-c2cc(F)ccc2F)c1. The van der Waals surface area contributed by atoms with Crippen molar-refractivity contribution < 1.29 is 8.78 Å². The van der Waals surface area contributed by atoms with Gasteiger partial charge in [-0.1, -0.05) is 18.2 Å². The van der Waals surface area contributed by atoms with Gasteiger partial charge in [0.25, 0.3) is 0 Å².